The minimum Gasteiger partial charge on any atom is -0.356 e. The lowest BCUT2D eigenvalue weighted by atomic mass is 9.89. The average Bonchev–Trinajstić information content (AvgIpc) is 3.10. The summed E-state index contributed by atoms with van der Waals surface area (Å²) >= 11 is 3.73. The highest BCUT2D eigenvalue weighted by molar-refractivity contribution is 9.09. The van der Waals surface area contributed by atoms with E-state index in [1.54, 1.807) is 0 Å². The number of halogens is 1. The van der Waals surface area contributed by atoms with Gasteiger partial charge in [-0.3, -0.25) is 4.79 Å². The molecule has 0 spiro atoms. The van der Waals surface area contributed by atoms with Crippen LogP contribution in [0, 0.1) is 17.8 Å². The van der Waals surface area contributed by atoms with Crippen LogP contribution in [0.3, 0.4) is 0 Å². The lowest BCUT2D eigenvalue weighted by molar-refractivity contribution is -0.125. The summed E-state index contributed by atoms with van der Waals surface area (Å²) in [5, 5.41) is 3.13. The Kier molecular flexibility index (Phi) is 4.28. The zero-order valence-electron chi connectivity index (χ0n) is 10.0. The molecule has 0 saturated heterocycles. The molecule has 1 N–H and O–H groups in total. The fraction of sp³-hybridized carbons (Fsp3) is 0.923. The first kappa shape index (κ1) is 12.4. The van der Waals surface area contributed by atoms with Crippen LogP contribution in [0.25, 0.3) is 0 Å². The number of alkyl halides is 1. The lowest BCUT2D eigenvalue weighted by Crippen LogP contribution is -2.37. The van der Waals surface area contributed by atoms with Gasteiger partial charge in [-0.25, -0.2) is 0 Å². The van der Waals surface area contributed by atoms with Gasteiger partial charge in [0.1, 0.15) is 0 Å². The molecule has 2 aliphatic carbocycles. The fourth-order valence-corrected chi connectivity index (χ4v) is 3.37. The van der Waals surface area contributed by atoms with Gasteiger partial charge >= 0.3 is 0 Å². The third-order valence-electron chi connectivity index (χ3n) is 4.10. The van der Waals surface area contributed by atoms with Crippen LogP contribution in [0.2, 0.25) is 0 Å². The standard InChI is InChI=1S/C13H22BrNO/c1-9(10-6-7-10)13(16)15-8-11-4-2-3-5-12(11)14/h9-12H,2-8H2,1H3,(H,15,16). The molecule has 2 rings (SSSR count). The Bertz CT molecular complexity index is 252. The van der Waals surface area contributed by atoms with Crippen molar-refractivity contribution in [1.29, 1.82) is 0 Å². The van der Waals surface area contributed by atoms with Crippen molar-refractivity contribution in [3.05, 3.63) is 0 Å². The first-order chi connectivity index (χ1) is 7.68. The van der Waals surface area contributed by atoms with Crippen molar-refractivity contribution >= 4 is 21.8 Å². The monoisotopic (exact) mass is 287 g/mol. The zero-order chi connectivity index (χ0) is 11.5. The van der Waals surface area contributed by atoms with Crippen molar-refractivity contribution in [3.63, 3.8) is 0 Å². The molecule has 0 radical (unpaired) electrons. The maximum Gasteiger partial charge on any atom is 0.223 e. The minimum atomic E-state index is 0.234. The van der Waals surface area contributed by atoms with Crippen molar-refractivity contribution in [3.8, 4) is 0 Å². The lowest BCUT2D eigenvalue weighted by Gasteiger charge is -2.27. The van der Waals surface area contributed by atoms with Crippen molar-refractivity contribution < 1.29 is 4.79 Å². The van der Waals surface area contributed by atoms with Gasteiger partial charge in [0.2, 0.25) is 5.91 Å². The van der Waals surface area contributed by atoms with Crippen LogP contribution in [0.5, 0.6) is 0 Å². The Labute approximate surface area is 107 Å². The first-order valence-electron chi connectivity index (χ1n) is 6.60. The molecule has 2 aliphatic rings. The molecule has 0 heterocycles. The highest BCUT2D eigenvalue weighted by Crippen LogP contribution is 2.36. The Morgan fingerprint density at radius 3 is 2.62 bits per heavy atom. The van der Waals surface area contributed by atoms with Crippen molar-refractivity contribution in [2.75, 3.05) is 6.54 Å². The van der Waals surface area contributed by atoms with E-state index < -0.39 is 0 Å². The Morgan fingerprint density at radius 2 is 2.00 bits per heavy atom. The van der Waals surface area contributed by atoms with Gasteiger partial charge in [0.15, 0.2) is 0 Å². The second-order valence-corrected chi connectivity index (χ2v) is 6.61. The van der Waals surface area contributed by atoms with Gasteiger partial charge in [0.05, 0.1) is 0 Å². The first-order valence-corrected chi connectivity index (χ1v) is 7.52. The van der Waals surface area contributed by atoms with E-state index in [9.17, 15) is 4.79 Å². The van der Waals surface area contributed by atoms with E-state index in [1.165, 1.54) is 38.5 Å². The summed E-state index contributed by atoms with van der Waals surface area (Å²) in [5.74, 6) is 1.82. The van der Waals surface area contributed by atoms with Crippen LogP contribution >= 0.6 is 15.9 Å². The van der Waals surface area contributed by atoms with Crippen LogP contribution in [0.1, 0.15) is 45.4 Å². The van der Waals surface area contributed by atoms with Crippen molar-refractivity contribution in [1.82, 2.24) is 5.32 Å². The number of rotatable bonds is 4. The van der Waals surface area contributed by atoms with Crippen LogP contribution in [0.15, 0.2) is 0 Å². The molecule has 0 aromatic rings. The smallest absolute Gasteiger partial charge is 0.223 e. The molecule has 2 fully saturated rings. The minimum absolute atomic E-state index is 0.234. The highest BCUT2D eigenvalue weighted by Gasteiger charge is 2.33. The van der Waals surface area contributed by atoms with E-state index in [1.807, 2.05) is 0 Å². The maximum absolute atomic E-state index is 11.8. The Hall–Kier alpha value is -0.0500. The van der Waals surface area contributed by atoms with E-state index in [-0.39, 0.29) is 11.8 Å². The second-order valence-electron chi connectivity index (χ2n) is 5.43. The molecule has 2 nitrogen and oxygen atoms in total. The summed E-state index contributed by atoms with van der Waals surface area (Å²) in [6, 6.07) is 0. The van der Waals surface area contributed by atoms with E-state index in [0.29, 0.717) is 16.7 Å². The third kappa shape index (κ3) is 3.22. The molecule has 3 atom stereocenters. The Balaban J connectivity index is 1.71. The Morgan fingerprint density at radius 1 is 1.31 bits per heavy atom. The average molecular weight is 288 g/mol. The van der Waals surface area contributed by atoms with Gasteiger partial charge in [-0.1, -0.05) is 35.7 Å². The predicted octanol–water partition coefficient (Wildman–Crippen LogP) is 3.10. The molecule has 0 bridgehead atoms. The van der Waals surface area contributed by atoms with Gasteiger partial charge in [0.25, 0.3) is 0 Å². The molecular weight excluding hydrogens is 266 g/mol. The van der Waals surface area contributed by atoms with Crippen molar-refractivity contribution in [2.45, 2.75) is 50.3 Å². The van der Waals surface area contributed by atoms with E-state index in [0.717, 1.165) is 6.54 Å². The summed E-state index contributed by atoms with van der Waals surface area (Å²) in [5.41, 5.74) is 0. The quantitative estimate of drug-likeness (QED) is 0.791. The molecule has 0 aliphatic heterocycles. The number of hydrogen-bond acceptors (Lipinski definition) is 1. The number of hydrogen-bond donors (Lipinski definition) is 1. The summed E-state index contributed by atoms with van der Waals surface area (Å²) in [6.07, 6.45) is 7.67. The second kappa shape index (κ2) is 5.52. The number of carbonyl (C=O) groups excluding carboxylic acids is 1. The van der Waals surface area contributed by atoms with Gasteiger partial charge in [0, 0.05) is 17.3 Å². The normalized spacial score (nSPS) is 32.1. The summed E-state index contributed by atoms with van der Waals surface area (Å²) in [6.45, 7) is 2.94. The largest absolute Gasteiger partial charge is 0.356 e. The summed E-state index contributed by atoms with van der Waals surface area (Å²) in [7, 11) is 0. The van der Waals surface area contributed by atoms with Crippen LogP contribution in [-0.2, 0) is 4.79 Å². The van der Waals surface area contributed by atoms with Crippen LogP contribution in [-0.4, -0.2) is 17.3 Å². The van der Waals surface area contributed by atoms with Gasteiger partial charge in [-0.05, 0) is 37.5 Å². The maximum atomic E-state index is 11.8. The molecule has 2 saturated carbocycles. The molecule has 16 heavy (non-hydrogen) atoms. The van der Waals surface area contributed by atoms with E-state index in [4.69, 9.17) is 0 Å². The van der Waals surface area contributed by atoms with E-state index >= 15 is 0 Å². The third-order valence-corrected chi connectivity index (χ3v) is 5.30. The zero-order valence-corrected chi connectivity index (χ0v) is 11.6. The molecule has 3 heteroatoms. The number of amides is 1. The molecule has 1 amide bonds. The number of carbonyl (C=O) groups is 1. The SMILES string of the molecule is CC(C(=O)NCC1CCCCC1Br)C1CC1. The van der Waals surface area contributed by atoms with Crippen molar-refractivity contribution in [2.24, 2.45) is 17.8 Å². The predicted molar refractivity (Wildman–Crippen MR) is 69.6 cm³/mol. The molecule has 92 valence electrons. The summed E-state index contributed by atoms with van der Waals surface area (Å²) < 4.78 is 0. The van der Waals surface area contributed by atoms with Gasteiger partial charge < -0.3 is 5.32 Å². The highest BCUT2D eigenvalue weighted by atomic mass is 79.9. The molecule has 0 aromatic carbocycles. The molecular formula is C13H22BrNO. The van der Waals surface area contributed by atoms with Crippen LogP contribution in [0.4, 0.5) is 0 Å². The topological polar surface area (TPSA) is 29.1 Å². The fourth-order valence-electron chi connectivity index (χ4n) is 2.60. The molecule has 0 aromatic heterocycles. The number of nitrogens with one attached hydrogen (secondary N) is 1. The molecule has 3 unspecified atom stereocenters. The van der Waals surface area contributed by atoms with Gasteiger partial charge in [-0.15, -0.1) is 0 Å². The van der Waals surface area contributed by atoms with E-state index in [2.05, 4.69) is 28.2 Å². The van der Waals surface area contributed by atoms with Gasteiger partial charge in [-0.2, -0.15) is 0 Å². The summed E-state index contributed by atoms with van der Waals surface area (Å²) in [4.78, 5) is 12.5. The van der Waals surface area contributed by atoms with Crippen LogP contribution < -0.4 is 5.32 Å².